The largest absolute Gasteiger partial charge is 0.497 e. The summed E-state index contributed by atoms with van der Waals surface area (Å²) in [5, 5.41) is 13.8. The van der Waals surface area contributed by atoms with Crippen LogP contribution < -0.4 is 10.2 Å². The number of fused-ring (bicyclic) bond motifs is 1. The number of methoxy groups -OCH3 is 1. The summed E-state index contributed by atoms with van der Waals surface area (Å²) in [6.45, 7) is 0. The van der Waals surface area contributed by atoms with E-state index in [9.17, 15) is 4.79 Å². The van der Waals surface area contributed by atoms with E-state index in [1.54, 1.807) is 31.4 Å². The number of benzene rings is 3. The summed E-state index contributed by atoms with van der Waals surface area (Å²) in [5.41, 5.74) is 6.87. The molecule has 0 aliphatic rings. The van der Waals surface area contributed by atoms with Gasteiger partial charge < -0.3 is 9.72 Å². The average molecular weight is 394 g/mol. The number of nitrogens with zero attached hydrogens (tertiary/aromatic N) is 2. The molecule has 30 heavy (non-hydrogen) atoms. The summed E-state index contributed by atoms with van der Waals surface area (Å²) in [5.74, 6) is 0.360. The molecule has 2 N–H and O–H groups in total. The van der Waals surface area contributed by atoms with Crippen molar-refractivity contribution >= 4 is 23.0 Å². The molecule has 1 amide bonds. The molecule has 4 rings (SSSR count). The van der Waals surface area contributed by atoms with Gasteiger partial charge in [-0.3, -0.25) is 4.79 Å². The van der Waals surface area contributed by atoms with E-state index in [4.69, 9.17) is 10.00 Å². The molecule has 3 aromatic carbocycles. The normalized spacial score (nSPS) is 10.8. The molecular formula is C24H18N4O2. The number of nitriles is 1. The molecule has 0 unspecified atom stereocenters. The number of aromatic amines is 1. The number of carbonyl (C=O) groups is 1. The average Bonchev–Trinajstić information content (AvgIpc) is 3.18. The third-order valence-corrected chi connectivity index (χ3v) is 4.71. The first kappa shape index (κ1) is 19.0. The molecule has 0 saturated heterocycles. The van der Waals surface area contributed by atoms with Gasteiger partial charge in [0.15, 0.2) is 0 Å². The zero-order valence-corrected chi connectivity index (χ0v) is 16.2. The SMILES string of the molecule is COc1ccc2[nH]c(C(=O)N/N=C\c3ccc(C#N)cc3)c(-c3ccccc3)c2c1. The van der Waals surface area contributed by atoms with Gasteiger partial charge in [0.05, 0.1) is 25.0 Å². The van der Waals surface area contributed by atoms with Gasteiger partial charge in [0.2, 0.25) is 0 Å². The van der Waals surface area contributed by atoms with Crippen LogP contribution in [-0.2, 0) is 0 Å². The molecule has 0 fully saturated rings. The van der Waals surface area contributed by atoms with Crippen molar-refractivity contribution in [3.63, 3.8) is 0 Å². The van der Waals surface area contributed by atoms with Crippen LogP contribution in [0.3, 0.4) is 0 Å². The number of hydrazone groups is 1. The first-order valence-corrected chi connectivity index (χ1v) is 9.28. The molecule has 0 saturated carbocycles. The van der Waals surface area contributed by atoms with Crippen LogP contribution >= 0.6 is 0 Å². The lowest BCUT2D eigenvalue weighted by Gasteiger charge is -2.05. The van der Waals surface area contributed by atoms with Gasteiger partial charge >= 0.3 is 0 Å². The Morgan fingerprint density at radius 3 is 2.57 bits per heavy atom. The molecule has 0 aliphatic heterocycles. The minimum Gasteiger partial charge on any atom is -0.497 e. The summed E-state index contributed by atoms with van der Waals surface area (Å²) < 4.78 is 5.36. The Kier molecular flexibility index (Phi) is 5.27. The molecule has 1 heterocycles. The number of H-pyrrole nitrogens is 1. The van der Waals surface area contributed by atoms with Crippen LogP contribution in [0.1, 0.15) is 21.6 Å². The Morgan fingerprint density at radius 2 is 1.87 bits per heavy atom. The Morgan fingerprint density at radius 1 is 1.10 bits per heavy atom. The van der Waals surface area contributed by atoms with E-state index in [0.29, 0.717) is 17.0 Å². The highest BCUT2D eigenvalue weighted by Crippen LogP contribution is 2.34. The van der Waals surface area contributed by atoms with E-state index in [2.05, 4.69) is 21.6 Å². The van der Waals surface area contributed by atoms with Crippen molar-refractivity contribution in [2.24, 2.45) is 5.10 Å². The van der Waals surface area contributed by atoms with E-state index in [0.717, 1.165) is 27.6 Å². The Balaban J connectivity index is 1.68. The molecular weight excluding hydrogens is 376 g/mol. The van der Waals surface area contributed by atoms with Crippen LogP contribution in [0.2, 0.25) is 0 Å². The highest BCUT2D eigenvalue weighted by molar-refractivity contribution is 6.10. The lowest BCUT2D eigenvalue weighted by molar-refractivity contribution is 0.0951. The second kappa shape index (κ2) is 8.33. The molecule has 6 nitrogen and oxygen atoms in total. The van der Waals surface area contributed by atoms with Crippen molar-refractivity contribution < 1.29 is 9.53 Å². The molecule has 1 aromatic heterocycles. The number of hydrogen-bond donors (Lipinski definition) is 2. The number of hydrogen-bond acceptors (Lipinski definition) is 4. The maximum atomic E-state index is 12.9. The van der Waals surface area contributed by atoms with Crippen molar-refractivity contribution in [2.45, 2.75) is 0 Å². The smallest absolute Gasteiger partial charge is 0.288 e. The van der Waals surface area contributed by atoms with Crippen molar-refractivity contribution in [1.82, 2.24) is 10.4 Å². The zero-order valence-electron chi connectivity index (χ0n) is 16.2. The maximum Gasteiger partial charge on any atom is 0.288 e. The summed E-state index contributed by atoms with van der Waals surface area (Å²) in [4.78, 5) is 16.1. The molecule has 0 radical (unpaired) electrons. The summed E-state index contributed by atoms with van der Waals surface area (Å²) in [6, 6.07) is 24.3. The molecule has 0 spiro atoms. The fourth-order valence-corrected chi connectivity index (χ4v) is 3.24. The van der Waals surface area contributed by atoms with E-state index in [1.165, 1.54) is 6.21 Å². The minimum atomic E-state index is -0.353. The second-order valence-corrected chi connectivity index (χ2v) is 6.59. The summed E-state index contributed by atoms with van der Waals surface area (Å²) >= 11 is 0. The standard InChI is InChI=1S/C24H18N4O2/c1-30-19-11-12-21-20(13-19)22(18-5-3-2-4-6-18)23(27-21)24(29)28-26-15-17-9-7-16(14-25)8-10-17/h2-13,15,27H,1H3,(H,28,29)/b26-15-. The zero-order chi connectivity index (χ0) is 20.9. The predicted octanol–water partition coefficient (Wildman–Crippen LogP) is 4.48. The Labute approximate surface area is 173 Å². The summed E-state index contributed by atoms with van der Waals surface area (Å²) in [6.07, 6.45) is 1.53. The monoisotopic (exact) mass is 394 g/mol. The molecule has 146 valence electrons. The van der Waals surface area contributed by atoms with E-state index in [1.807, 2.05) is 48.5 Å². The lowest BCUT2D eigenvalue weighted by atomic mass is 10.0. The van der Waals surface area contributed by atoms with Gasteiger partial charge in [-0.05, 0) is 41.5 Å². The first-order chi connectivity index (χ1) is 14.7. The van der Waals surface area contributed by atoms with Crippen LogP contribution in [0, 0.1) is 11.3 Å². The van der Waals surface area contributed by atoms with Crippen LogP contribution in [0.15, 0.2) is 77.9 Å². The molecule has 0 aliphatic carbocycles. The van der Waals surface area contributed by atoms with Crippen LogP contribution in [0.4, 0.5) is 0 Å². The fourth-order valence-electron chi connectivity index (χ4n) is 3.24. The van der Waals surface area contributed by atoms with Crippen molar-refractivity contribution in [2.75, 3.05) is 7.11 Å². The highest BCUT2D eigenvalue weighted by Gasteiger charge is 2.19. The predicted molar refractivity (Wildman–Crippen MR) is 117 cm³/mol. The van der Waals surface area contributed by atoms with Gasteiger partial charge in [-0.1, -0.05) is 42.5 Å². The van der Waals surface area contributed by atoms with Gasteiger partial charge in [0.1, 0.15) is 11.4 Å². The highest BCUT2D eigenvalue weighted by atomic mass is 16.5. The molecule has 4 aromatic rings. The van der Waals surface area contributed by atoms with Gasteiger partial charge in [0, 0.05) is 16.5 Å². The number of aromatic nitrogens is 1. The first-order valence-electron chi connectivity index (χ1n) is 9.28. The Bertz CT molecular complexity index is 1270. The fraction of sp³-hybridized carbons (Fsp3) is 0.0417. The topological polar surface area (TPSA) is 90.3 Å². The molecule has 0 atom stereocenters. The van der Waals surface area contributed by atoms with E-state index in [-0.39, 0.29) is 5.91 Å². The maximum absolute atomic E-state index is 12.9. The van der Waals surface area contributed by atoms with E-state index >= 15 is 0 Å². The molecule has 6 heteroatoms. The van der Waals surface area contributed by atoms with Crippen molar-refractivity contribution in [3.05, 3.63) is 89.6 Å². The minimum absolute atomic E-state index is 0.353. The van der Waals surface area contributed by atoms with E-state index < -0.39 is 0 Å². The van der Waals surface area contributed by atoms with Crippen LogP contribution in [0.25, 0.3) is 22.0 Å². The third-order valence-electron chi connectivity index (χ3n) is 4.71. The number of amides is 1. The van der Waals surface area contributed by atoms with Crippen molar-refractivity contribution in [1.29, 1.82) is 5.26 Å². The number of carbonyl (C=O) groups excluding carboxylic acids is 1. The number of nitrogens with one attached hydrogen (secondary N) is 2. The third kappa shape index (κ3) is 3.77. The van der Waals surface area contributed by atoms with Gasteiger partial charge in [0.25, 0.3) is 5.91 Å². The number of ether oxygens (including phenoxy) is 1. The molecule has 0 bridgehead atoms. The quantitative estimate of drug-likeness (QED) is 0.386. The second-order valence-electron chi connectivity index (χ2n) is 6.59. The van der Waals surface area contributed by atoms with Gasteiger partial charge in [-0.25, -0.2) is 5.43 Å². The lowest BCUT2D eigenvalue weighted by Crippen LogP contribution is -2.18. The Hall–Kier alpha value is -4.37. The van der Waals surface area contributed by atoms with Crippen molar-refractivity contribution in [3.8, 4) is 22.9 Å². The van der Waals surface area contributed by atoms with Gasteiger partial charge in [-0.15, -0.1) is 0 Å². The number of rotatable bonds is 5. The van der Waals surface area contributed by atoms with Crippen LogP contribution in [-0.4, -0.2) is 24.2 Å². The van der Waals surface area contributed by atoms with Crippen LogP contribution in [0.5, 0.6) is 5.75 Å². The van der Waals surface area contributed by atoms with Gasteiger partial charge in [-0.2, -0.15) is 10.4 Å². The summed E-state index contributed by atoms with van der Waals surface area (Å²) in [7, 11) is 1.61.